The zero-order chi connectivity index (χ0) is 70.1. The van der Waals surface area contributed by atoms with Gasteiger partial charge in [0, 0.05) is 42.3 Å². The number of nitrogens with zero attached hydrogens (tertiary/aromatic N) is 6. The number of likely N-dealkylation sites (N-methyl/N-ethyl adjacent to an activating group) is 6. The number of carbonyl (C=O) groups excluding carboxylic acids is 11. The Hall–Kier alpha value is -6.21. The molecule has 0 bridgehead atoms. The predicted octanol–water partition coefficient (Wildman–Crippen LogP) is 2.83. The minimum atomic E-state index is -1.79. The first kappa shape index (κ1) is 81.8. The van der Waals surface area contributed by atoms with Gasteiger partial charge in [0.25, 0.3) is 0 Å². The van der Waals surface area contributed by atoms with E-state index in [4.69, 9.17) is 4.74 Å². The summed E-state index contributed by atoms with van der Waals surface area (Å²) in [5.41, 5.74) is -0.873. The molecule has 0 saturated carbocycles. The Kier molecular flexibility index (Phi) is 32.8. The molecule has 1 aliphatic heterocycles. The number of amides is 11. The van der Waals surface area contributed by atoms with Gasteiger partial charge in [0.2, 0.25) is 65.0 Å². The average molecular weight is 1280 g/mol. The zero-order valence-corrected chi connectivity index (χ0v) is 59.2. The Balaban J connectivity index is 4.47. The molecule has 15 atom stereocenters. The van der Waals surface area contributed by atoms with Crippen molar-refractivity contribution < 1.29 is 67.7 Å². The SMILES string of the molecule is CC=CC[C@@H](C)[C@@H](O)[C@H]1C(=O)N[C@@H]([C@@H](C)O)C(=O)N(C)[C@H](C)C(=O)N(C)[C@@H](C(C)OC(C)(C)C)C(=O)N[C@@H](CC(C)C)C(=O)N(C)[C@@H](CC(C)C)C(=O)N[C@@H](C)C(=O)N[C@H](C)C(=O)N(C)[C@@H](CC(C)C)C(=O)N[C@@H](CC(C)C)C(=O)N(C)[C@@H](C(C)C)C(=O)N1C. The number of hydrogen-bond acceptors (Lipinski definition) is 14. The minimum absolute atomic E-state index is 0.0747. The van der Waals surface area contributed by atoms with Crippen molar-refractivity contribution in [2.45, 2.75) is 261 Å². The molecule has 0 aromatic heterocycles. The Bertz CT molecular complexity index is 2480. The number of aliphatic hydroxyl groups is 2. The third kappa shape index (κ3) is 23.5. The molecular weight excluding hydrogens is 1160 g/mol. The highest BCUT2D eigenvalue weighted by Gasteiger charge is 2.46. The minimum Gasteiger partial charge on any atom is -0.391 e. The summed E-state index contributed by atoms with van der Waals surface area (Å²) in [6, 6.07) is -15.2. The predicted molar refractivity (Wildman–Crippen MR) is 345 cm³/mol. The number of nitrogens with one attached hydrogen (secondary N) is 5. The molecule has 1 unspecified atom stereocenters. The smallest absolute Gasteiger partial charge is 0.248 e. The number of aliphatic hydroxyl groups excluding tert-OH is 2. The van der Waals surface area contributed by atoms with Crippen molar-refractivity contribution in [2.75, 3.05) is 42.3 Å². The van der Waals surface area contributed by atoms with Crippen LogP contribution < -0.4 is 26.6 Å². The van der Waals surface area contributed by atoms with E-state index < -0.39 is 167 Å². The van der Waals surface area contributed by atoms with Gasteiger partial charge >= 0.3 is 0 Å². The highest BCUT2D eigenvalue weighted by atomic mass is 16.5. The van der Waals surface area contributed by atoms with E-state index in [1.807, 2.05) is 55.4 Å². The largest absolute Gasteiger partial charge is 0.391 e. The summed E-state index contributed by atoms with van der Waals surface area (Å²) in [4.78, 5) is 168. The van der Waals surface area contributed by atoms with Gasteiger partial charge in [-0.05, 0) is 130 Å². The fourth-order valence-corrected chi connectivity index (χ4v) is 11.3. The van der Waals surface area contributed by atoms with Gasteiger partial charge in [0.15, 0.2) is 0 Å². The van der Waals surface area contributed by atoms with E-state index in [-0.39, 0.29) is 55.8 Å². The standard InChI is InChI=1S/C65H117N11O14/c1-27-28-29-39(12)53(78)52-58(83)70-49(43(16)77)63(88)71(21)42(15)60(85)75(25)51(44(17)90-65(18,19)20)57(82)69-45(30-34(2)3)61(86)73(23)47(32-36(6)7)55(80)66-40(13)54(79)67-41(14)59(84)72(22)48(33-37(8)9)56(81)68-46(31-35(4)5)62(87)74(24)50(38(10)11)64(89)76(52)26/h27-28,34-53,77-78H,29-33H2,1-26H3,(H,66,80)(H,67,79)(H,68,81)(H,69,82)(H,70,83)/t39-,40+,41-,42-,43-,44?,45+,46+,47+,48+,49+,50+,51+,52+,53-/m1/s1. The lowest BCUT2D eigenvalue weighted by molar-refractivity contribution is -0.157. The van der Waals surface area contributed by atoms with Crippen LogP contribution in [0.15, 0.2) is 12.2 Å². The van der Waals surface area contributed by atoms with E-state index in [2.05, 4.69) is 26.6 Å². The summed E-state index contributed by atoms with van der Waals surface area (Å²) in [5, 5.41) is 37.1. The van der Waals surface area contributed by atoms with Crippen LogP contribution in [0, 0.1) is 35.5 Å². The van der Waals surface area contributed by atoms with Crippen LogP contribution >= 0.6 is 0 Å². The van der Waals surface area contributed by atoms with Crippen molar-refractivity contribution in [1.29, 1.82) is 0 Å². The fraction of sp³-hybridized carbons (Fsp3) is 0.800. The van der Waals surface area contributed by atoms with Gasteiger partial charge in [-0.15, -0.1) is 0 Å². The van der Waals surface area contributed by atoms with Crippen LogP contribution in [0.25, 0.3) is 0 Å². The second kappa shape index (κ2) is 36.1. The molecule has 0 aromatic rings. The van der Waals surface area contributed by atoms with Gasteiger partial charge in [-0.3, -0.25) is 52.7 Å². The molecule has 11 amide bonds. The fourth-order valence-electron chi connectivity index (χ4n) is 11.3. The van der Waals surface area contributed by atoms with Gasteiger partial charge < -0.3 is 70.9 Å². The van der Waals surface area contributed by atoms with Crippen LogP contribution in [0.5, 0.6) is 0 Å². The lowest BCUT2D eigenvalue weighted by atomic mass is 9.91. The lowest BCUT2D eigenvalue weighted by Gasteiger charge is -2.40. The molecule has 25 heteroatoms. The van der Waals surface area contributed by atoms with Crippen LogP contribution in [0.1, 0.15) is 171 Å². The monoisotopic (exact) mass is 1280 g/mol. The molecule has 7 N–H and O–H groups in total. The summed E-state index contributed by atoms with van der Waals surface area (Å²) in [6.45, 7) is 33.8. The third-order valence-electron chi connectivity index (χ3n) is 16.4. The van der Waals surface area contributed by atoms with Crippen molar-refractivity contribution in [3.63, 3.8) is 0 Å². The molecule has 90 heavy (non-hydrogen) atoms. The van der Waals surface area contributed by atoms with Crippen LogP contribution in [-0.2, 0) is 57.5 Å². The van der Waals surface area contributed by atoms with Crippen LogP contribution in [0.2, 0.25) is 0 Å². The second-order valence-corrected chi connectivity index (χ2v) is 28.0. The first-order valence-electron chi connectivity index (χ1n) is 32.0. The van der Waals surface area contributed by atoms with E-state index in [0.717, 1.165) is 14.7 Å². The maximum absolute atomic E-state index is 15.2. The molecule has 1 fully saturated rings. The van der Waals surface area contributed by atoms with Crippen LogP contribution in [0.4, 0.5) is 0 Å². The van der Waals surface area contributed by atoms with E-state index in [0.29, 0.717) is 0 Å². The third-order valence-corrected chi connectivity index (χ3v) is 16.4. The van der Waals surface area contributed by atoms with Crippen LogP contribution in [0.3, 0.4) is 0 Å². The Morgan fingerprint density at radius 2 is 0.856 bits per heavy atom. The molecule has 0 aromatic carbocycles. The van der Waals surface area contributed by atoms with Crippen LogP contribution in [-0.4, -0.2) is 237 Å². The topological polar surface area (TPSA) is 317 Å². The molecule has 0 spiro atoms. The second-order valence-electron chi connectivity index (χ2n) is 28.0. The van der Waals surface area contributed by atoms with Gasteiger partial charge in [-0.25, -0.2) is 0 Å². The Morgan fingerprint density at radius 3 is 1.29 bits per heavy atom. The van der Waals surface area contributed by atoms with E-state index >= 15 is 4.79 Å². The maximum atomic E-state index is 15.2. The molecule has 25 nitrogen and oxygen atoms in total. The molecule has 1 saturated heterocycles. The number of carbonyl (C=O) groups is 11. The van der Waals surface area contributed by atoms with Crippen molar-refractivity contribution in [3.05, 3.63) is 12.2 Å². The molecule has 0 aliphatic carbocycles. The van der Waals surface area contributed by atoms with E-state index in [1.54, 1.807) is 67.5 Å². The van der Waals surface area contributed by atoms with Crippen molar-refractivity contribution in [1.82, 2.24) is 56.0 Å². The normalized spacial score (nSPS) is 27.7. The summed E-state index contributed by atoms with van der Waals surface area (Å²) in [7, 11) is 8.08. The van der Waals surface area contributed by atoms with Gasteiger partial charge in [-0.1, -0.05) is 88.3 Å². The highest BCUT2D eigenvalue weighted by Crippen LogP contribution is 2.25. The number of allylic oxidation sites excluding steroid dienone is 2. The Labute approximate surface area is 537 Å². The number of hydrogen-bond donors (Lipinski definition) is 7. The number of rotatable bonds is 16. The number of ether oxygens (including phenoxy) is 1. The van der Waals surface area contributed by atoms with Crippen molar-refractivity contribution in [3.8, 4) is 0 Å². The average Bonchev–Trinajstić information content (AvgIpc) is 0.889. The first-order valence-corrected chi connectivity index (χ1v) is 32.0. The summed E-state index contributed by atoms with van der Waals surface area (Å²) in [6.07, 6.45) is -0.157. The van der Waals surface area contributed by atoms with E-state index in [1.165, 1.54) is 84.7 Å². The summed E-state index contributed by atoms with van der Waals surface area (Å²) < 4.78 is 6.30. The quantitative estimate of drug-likeness (QED) is 0.109. The van der Waals surface area contributed by atoms with Crippen molar-refractivity contribution >= 4 is 65.0 Å². The molecule has 1 heterocycles. The Morgan fingerprint density at radius 1 is 0.456 bits per heavy atom. The lowest BCUT2D eigenvalue weighted by Crippen LogP contribution is -2.65. The summed E-state index contributed by atoms with van der Waals surface area (Å²) in [5.74, 6) is -10.7. The zero-order valence-electron chi connectivity index (χ0n) is 59.2. The molecule has 1 aliphatic rings. The first-order chi connectivity index (χ1) is 41.3. The van der Waals surface area contributed by atoms with Gasteiger partial charge in [-0.2, -0.15) is 0 Å². The van der Waals surface area contributed by atoms with Crippen molar-refractivity contribution in [2.24, 2.45) is 35.5 Å². The van der Waals surface area contributed by atoms with Gasteiger partial charge in [0.1, 0.15) is 66.5 Å². The maximum Gasteiger partial charge on any atom is 0.248 e. The molecule has 516 valence electrons. The highest BCUT2D eigenvalue weighted by molar-refractivity contribution is 6.00. The summed E-state index contributed by atoms with van der Waals surface area (Å²) >= 11 is 0. The van der Waals surface area contributed by atoms with E-state index in [9.17, 15) is 58.2 Å². The molecular formula is C65H117N11O14. The molecule has 1 rings (SSSR count). The van der Waals surface area contributed by atoms with Gasteiger partial charge in [0.05, 0.1) is 23.9 Å². The molecule has 0 radical (unpaired) electrons.